The Hall–Kier alpha value is -1.75. The fourth-order valence-electron chi connectivity index (χ4n) is 2.40. The molecule has 1 aliphatic carbocycles. The van der Waals surface area contributed by atoms with E-state index in [0.717, 1.165) is 24.1 Å². The van der Waals surface area contributed by atoms with Crippen LogP contribution < -0.4 is 5.32 Å². The van der Waals surface area contributed by atoms with E-state index in [1.165, 1.54) is 0 Å². The number of hydrogen-bond acceptors (Lipinski definition) is 1. The molecule has 1 N–H and O–H groups in total. The minimum Gasteiger partial charge on any atom is -0.323 e. The zero-order valence-corrected chi connectivity index (χ0v) is 12.5. The fraction of sp³-hybridized carbons (Fsp3) is 0.188. The van der Waals surface area contributed by atoms with Crippen LogP contribution in [-0.4, -0.2) is 5.91 Å². The van der Waals surface area contributed by atoms with E-state index in [2.05, 4.69) is 21.2 Å². The molecular weight excluding hydrogens is 340 g/mol. The van der Waals surface area contributed by atoms with Gasteiger partial charge in [0.05, 0.1) is 10.2 Å². The van der Waals surface area contributed by atoms with E-state index in [1.54, 1.807) is 0 Å². The van der Waals surface area contributed by atoms with E-state index in [9.17, 15) is 13.6 Å². The van der Waals surface area contributed by atoms with Crippen molar-refractivity contribution in [3.63, 3.8) is 0 Å². The van der Waals surface area contributed by atoms with Gasteiger partial charge in [0, 0.05) is 12.0 Å². The molecule has 0 radical (unpaired) electrons. The minimum atomic E-state index is -0.659. The third-order valence-electron chi connectivity index (χ3n) is 3.62. The summed E-state index contributed by atoms with van der Waals surface area (Å²) in [5.74, 6) is -1.56. The average molecular weight is 352 g/mol. The van der Waals surface area contributed by atoms with Gasteiger partial charge in [0.1, 0.15) is 11.6 Å². The van der Waals surface area contributed by atoms with Gasteiger partial charge >= 0.3 is 0 Å². The van der Waals surface area contributed by atoms with Crippen molar-refractivity contribution in [2.45, 2.75) is 12.3 Å². The molecule has 0 heterocycles. The first-order chi connectivity index (χ1) is 10.1. The topological polar surface area (TPSA) is 29.1 Å². The normalized spacial score (nSPS) is 20.1. The molecule has 0 saturated heterocycles. The molecule has 2 unspecified atom stereocenters. The summed E-state index contributed by atoms with van der Waals surface area (Å²) in [6.07, 6.45) is 0.733. The predicted octanol–water partition coefficient (Wildman–Crippen LogP) is 4.47. The summed E-state index contributed by atoms with van der Waals surface area (Å²) in [5, 5.41) is 2.47. The smallest absolute Gasteiger partial charge is 0.228 e. The molecule has 2 aromatic rings. The SMILES string of the molecule is O=C(Nc1cc(F)c(Br)cc1F)C1CC1c1ccccc1. The Kier molecular flexibility index (Phi) is 3.76. The van der Waals surface area contributed by atoms with Crippen LogP contribution in [0.1, 0.15) is 17.9 Å². The van der Waals surface area contributed by atoms with Crippen LogP contribution >= 0.6 is 15.9 Å². The highest BCUT2D eigenvalue weighted by atomic mass is 79.9. The highest BCUT2D eigenvalue weighted by Gasteiger charge is 2.44. The van der Waals surface area contributed by atoms with Gasteiger partial charge in [-0.15, -0.1) is 0 Å². The second-order valence-electron chi connectivity index (χ2n) is 5.09. The van der Waals surface area contributed by atoms with Gasteiger partial charge in [-0.05, 0) is 39.9 Å². The van der Waals surface area contributed by atoms with Gasteiger partial charge < -0.3 is 5.32 Å². The van der Waals surface area contributed by atoms with Gasteiger partial charge in [-0.2, -0.15) is 0 Å². The van der Waals surface area contributed by atoms with Crippen LogP contribution in [0.2, 0.25) is 0 Å². The van der Waals surface area contributed by atoms with Gasteiger partial charge in [-0.1, -0.05) is 30.3 Å². The summed E-state index contributed by atoms with van der Waals surface area (Å²) >= 11 is 2.90. The molecule has 2 aromatic carbocycles. The van der Waals surface area contributed by atoms with E-state index in [-0.39, 0.29) is 27.9 Å². The minimum absolute atomic E-state index is 0.0339. The first kappa shape index (κ1) is 14.2. The van der Waals surface area contributed by atoms with E-state index < -0.39 is 11.6 Å². The lowest BCUT2D eigenvalue weighted by Gasteiger charge is -2.07. The molecule has 1 amide bonds. The van der Waals surface area contributed by atoms with E-state index in [4.69, 9.17) is 0 Å². The van der Waals surface area contributed by atoms with E-state index in [0.29, 0.717) is 0 Å². The van der Waals surface area contributed by atoms with E-state index in [1.807, 2.05) is 30.3 Å². The number of amides is 1. The van der Waals surface area contributed by atoms with Crippen molar-refractivity contribution in [1.29, 1.82) is 0 Å². The summed E-state index contributed by atoms with van der Waals surface area (Å²) in [6.45, 7) is 0. The molecule has 0 bridgehead atoms. The Morgan fingerprint density at radius 3 is 2.57 bits per heavy atom. The van der Waals surface area contributed by atoms with Crippen molar-refractivity contribution >= 4 is 27.5 Å². The van der Waals surface area contributed by atoms with Crippen molar-refractivity contribution in [3.8, 4) is 0 Å². The lowest BCUT2D eigenvalue weighted by atomic mass is 10.1. The molecule has 1 fully saturated rings. The molecule has 0 spiro atoms. The molecular formula is C16H12BrF2NO. The van der Waals surface area contributed by atoms with Crippen LogP contribution in [0.5, 0.6) is 0 Å². The number of benzene rings is 2. The van der Waals surface area contributed by atoms with Crippen LogP contribution in [0.4, 0.5) is 14.5 Å². The Labute approximate surface area is 129 Å². The fourth-order valence-corrected chi connectivity index (χ4v) is 2.71. The molecule has 2 atom stereocenters. The Morgan fingerprint density at radius 2 is 1.86 bits per heavy atom. The third kappa shape index (κ3) is 2.97. The van der Waals surface area contributed by atoms with Crippen molar-refractivity contribution in [2.75, 3.05) is 5.32 Å². The number of hydrogen-bond donors (Lipinski definition) is 1. The molecule has 0 aromatic heterocycles. The first-order valence-electron chi connectivity index (χ1n) is 6.56. The van der Waals surface area contributed by atoms with Gasteiger partial charge in [-0.3, -0.25) is 4.79 Å². The van der Waals surface area contributed by atoms with Gasteiger partial charge in [0.2, 0.25) is 5.91 Å². The summed E-state index contributed by atoms with van der Waals surface area (Å²) in [5.41, 5.74) is 0.972. The number of anilines is 1. The molecule has 2 nitrogen and oxygen atoms in total. The maximum Gasteiger partial charge on any atom is 0.228 e. The highest BCUT2D eigenvalue weighted by molar-refractivity contribution is 9.10. The second-order valence-corrected chi connectivity index (χ2v) is 5.95. The first-order valence-corrected chi connectivity index (χ1v) is 7.36. The van der Waals surface area contributed by atoms with Crippen LogP contribution in [0.3, 0.4) is 0 Å². The third-order valence-corrected chi connectivity index (χ3v) is 4.23. The highest BCUT2D eigenvalue weighted by Crippen LogP contribution is 2.48. The molecule has 5 heteroatoms. The summed E-state index contributed by atoms with van der Waals surface area (Å²) in [4.78, 5) is 12.1. The standard InChI is InChI=1S/C16H12BrF2NO/c17-12-7-14(19)15(8-13(12)18)20-16(21)11-6-10(11)9-4-2-1-3-5-9/h1-5,7-8,10-11H,6H2,(H,20,21). The largest absolute Gasteiger partial charge is 0.323 e. The molecule has 1 aliphatic rings. The molecule has 3 rings (SSSR count). The van der Waals surface area contributed by atoms with Crippen molar-refractivity contribution < 1.29 is 13.6 Å². The summed E-state index contributed by atoms with van der Waals surface area (Å²) in [7, 11) is 0. The zero-order chi connectivity index (χ0) is 15.0. The molecule has 1 saturated carbocycles. The van der Waals surface area contributed by atoms with E-state index >= 15 is 0 Å². The van der Waals surface area contributed by atoms with Crippen LogP contribution in [0.15, 0.2) is 46.9 Å². The second kappa shape index (κ2) is 5.56. The lowest BCUT2D eigenvalue weighted by molar-refractivity contribution is -0.117. The monoisotopic (exact) mass is 351 g/mol. The van der Waals surface area contributed by atoms with Gasteiger partial charge in [-0.25, -0.2) is 8.78 Å². The maximum atomic E-state index is 13.7. The average Bonchev–Trinajstić information content (AvgIpc) is 3.26. The van der Waals surface area contributed by atoms with Crippen LogP contribution in [0.25, 0.3) is 0 Å². The Morgan fingerprint density at radius 1 is 1.14 bits per heavy atom. The number of carbonyl (C=O) groups excluding carboxylic acids is 1. The molecule has 108 valence electrons. The number of carbonyl (C=O) groups is 1. The van der Waals surface area contributed by atoms with Crippen LogP contribution in [-0.2, 0) is 4.79 Å². The molecule has 21 heavy (non-hydrogen) atoms. The quantitative estimate of drug-likeness (QED) is 0.812. The van der Waals surface area contributed by atoms with Crippen molar-refractivity contribution in [1.82, 2.24) is 0 Å². The van der Waals surface area contributed by atoms with Crippen molar-refractivity contribution in [2.24, 2.45) is 5.92 Å². The zero-order valence-electron chi connectivity index (χ0n) is 10.9. The maximum absolute atomic E-state index is 13.7. The Bertz CT molecular complexity index is 690. The number of halogens is 3. The number of nitrogens with one attached hydrogen (secondary N) is 1. The summed E-state index contributed by atoms with van der Waals surface area (Å²) in [6, 6.07) is 11.7. The number of rotatable bonds is 3. The Balaban J connectivity index is 1.70. The van der Waals surface area contributed by atoms with Gasteiger partial charge in [0.25, 0.3) is 0 Å². The molecule has 0 aliphatic heterocycles. The lowest BCUT2D eigenvalue weighted by Crippen LogP contribution is -2.15. The summed E-state index contributed by atoms with van der Waals surface area (Å²) < 4.78 is 27.1. The van der Waals surface area contributed by atoms with Crippen LogP contribution in [0, 0.1) is 17.6 Å². The van der Waals surface area contributed by atoms with Gasteiger partial charge in [0.15, 0.2) is 0 Å². The predicted molar refractivity (Wildman–Crippen MR) is 80.0 cm³/mol. The van der Waals surface area contributed by atoms with Crippen molar-refractivity contribution in [3.05, 3.63) is 64.1 Å².